The highest BCUT2D eigenvalue weighted by molar-refractivity contribution is 5.91. The quantitative estimate of drug-likeness (QED) is 0.811. The Morgan fingerprint density at radius 1 is 1.24 bits per heavy atom. The molecule has 2 N–H and O–H groups in total. The van der Waals surface area contributed by atoms with Crippen molar-refractivity contribution in [1.82, 2.24) is 0 Å². The molecule has 1 saturated carbocycles. The van der Waals surface area contributed by atoms with Gasteiger partial charge in [-0.2, -0.15) is 13.2 Å². The molecular weight excluding hydrogens is 335 g/mol. The Hall–Kier alpha value is -2.05. The molecule has 1 amide bonds. The summed E-state index contributed by atoms with van der Waals surface area (Å²) in [4.78, 5) is 23.2. The van der Waals surface area contributed by atoms with Gasteiger partial charge in [0.15, 0.2) is 0 Å². The fraction of sp³-hybridized carbons (Fsp3) is 0.556. The second-order valence-electron chi connectivity index (χ2n) is 6.70. The molecule has 7 heteroatoms. The number of carbonyl (C=O) groups excluding carboxylic acids is 1. The highest BCUT2D eigenvalue weighted by atomic mass is 19.4. The summed E-state index contributed by atoms with van der Waals surface area (Å²) < 4.78 is 38.0. The van der Waals surface area contributed by atoms with Crippen LogP contribution in [0, 0.1) is 11.8 Å². The standard InChI is InChI=1S/C18H22F3NO3/c1-11(17(24)25)13-3-2-4-15(10-13)22-16(23)9-12-5-7-14(8-6-12)18(19,20)21/h2-4,10-12,14H,5-9H2,1H3,(H,22,23)(H,24,25). The third-order valence-electron chi connectivity index (χ3n) is 4.82. The molecule has 0 saturated heterocycles. The van der Waals surface area contributed by atoms with Gasteiger partial charge in [0, 0.05) is 12.1 Å². The Balaban J connectivity index is 1.87. The molecule has 1 aromatic carbocycles. The van der Waals surface area contributed by atoms with Gasteiger partial charge in [0.05, 0.1) is 11.8 Å². The number of hydrogen-bond donors (Lipinski definition) is 2. The van der Waals surface area contributed by atoms with E-state index in [0.717, 1.165) is 0 Å². The van der Waals surface area contributed by atoms with Gasteiger partial charge in [0.25, 0.3) is 0 Å². The molecule has 1 aliphatic rings. The topological polar surface area (TPSA) is 66.4 Å². The number of rotatable bonds is 5. The monoisotopic (exact) mass is 357 g/mol. The van der Waals surface area contributed by atoms with Gasteiger partial charge in [-0.1, -0.05) is 12.1 Å². The summed E-state index contributed by atoms with van der Waals surface area (Å²) in [6.45, 7) is 1.56. The number of carboxylic acids is 1. The predicted octanol–water partition coefficient (Wildman–Crippen LogP) is 4.57. The lowest BCUT2D eigenvalue weighted by atomic mass is 9.80. The lowest BCUT2D eigenvalue weighted by Gasteiger charge is -2.29. The molecule has 0 spiro atoms. The molecule has 1 atom stereocenters. The highest BCUT2D eigenvalue weighted by Crippen LogP contribution is 2.40. The molecule has 4 nitrogen and oxygen atoms in total. The van der Waals surface area contributed by atoms with Crippen molar-refractivity contribution < 1.29 is 27.9 Å². The second-order valence-corrected chi connectivity index (χ2v) is 6.70. The predicted molar refractivity (Wildman–Crippen MR) is 87.2 cm³/mol. The number of alkyl halides is 3. The number of nitrogens with one attached hydrogen (secondary N) is 1. The van der Waals surface area contributed by atoms with E-state index >= 15 is 0 Å². The molecule has 2 rings (SSSR count). The van der Waals surface area contributed by atoms with E-state index in [1.165, 1.54) is 0 Å². The minimum absolute atomic E-state index is 0.0419. The van der Waals surface area contributed by atoms with Crippen LogP contribution >= 0.6 is 0 Å². The van der Waals surface area contributed by atoms with Crippen LogP contribution in [0.25, 0.3) is 0 Å². The van der Waals surface area contributed by atoms with E-state index in [9.17, 15) is 22.8 Å². The van der Waals surface area contributed by atoms with E-state index in [2.05, 4.69) is 5.32 Å². The van der Waals surface area contributed by atoms with Crippen molar-refractivity contribution in [2.45, 2.75) is 51.1 Å². The molecular formula is C18H22F3NO3. The van der Waals surface area contributed by atoms with Gasteiger partial charge >= 0.3 is 12.1 Å². The minimum atomic E-state index is -4.14. The minimum Gasteiger partial charge on any atom is -0.481 e. The van der Waals surface area contributed by atoms with E-state index in [4.69, 9.17) is 5.11 Å². The maximum atomic E-state index is 12.7. The van der Waals surface area contributed by atoms with Crippen molar-refractivity contribution in [3.8, 4) is 0 Å². The molecule has 25 heavy (non-hydrogen) atoms. The molecule has 0 bridgehead atoms. The van der Waals surface area contributed by atoms with Crippen molar-refractivity contribution in [1.29, 1.82) is 0 Å². The van der Waals surface area contributed by atoms with Crippen LogP contribution in [0.3, 0.4) is 0 Å². The summed E-state index contributed by atoms with van der Waals surface area (Å²) >= 11 is 0. The molecule has 138 valence electrons. The zero-order valence-corrected chi connectivity index (χ0v) is 14.0. The van der Waals surface area contributed by atoms with Gasteiger partial charge in [-0.15, -0.1) is 0 Å². The van der Waals surface area contributed by atoms with E-state index in [-0.39, 0.29) is 31.1 Å². The number of hydrogen-bond acceptors (Lipinski definition) is 2. The number of benzene rings is 1. The van der Waals surface area contributed by atoms with E-state index in [1.807, 2.05) is 0 Å². The second kappa shape index (κ2) is 7.89. The fourth-order valence-corrected chi connectivity index (χ4v) is 3.20. The summed E-state index contributed by atoms with van der Waals surface area (Å²) in [5.41, 5.74) is 1.08. The number of aliphatic carboxylic acids is 1. The zero-order valence-electron chi connectivity index (χ0n) is 14.0. The Morgan fingerprint density at radius 2 is 1.88 bits per heavy atom. The summed E-state index contributed by atoms with van der Waals surface area (Å²) in [5.74, 6) is -3.18. The van der Waals surface area contributed by atoms with Gasteiger partial charge in [-0.25, -0.2) is 0 Å². The first-order valence-corrected chi connectivity index (χ1v) is 8.36. The fourth-order valence-electron chi connectivity index (χ4n) is 3.20. The Bertz CT molecular complexity index is 622. The molecule has 0 radical (unpaired) electrons. The van der Waals surface area contributed by atoms with Crippen LogP contribution in [0.4, 0.5) is 18.9 Å². The van der Waals surface area contributed by atoms with Gasteiger partial charge in [0.1, 0.15) is 0 Å². The molecule has 1 aliphatic carbocycles. The third kappa shape index (κ3) is 5.47. The number of carboxylic acid groups (broad SMARTS) is 1. The third-order valence-corrected chi connectivity index (χ3v) is 4.82. The van der Waals surface area contributed by atoms with Crippen LogP contribution in [-0.2, 0) is 9.59 Å². The zero-order chi connectivity index (χ0) is 18.6. The highest BCUT2D eigenvalue weighted by Gasteiger charge is 2.41. The summed E-state index contributed by atoms with van der Waals surface area (Å²) in [6, 6.07) is 6.61. The molecule has 0 aliphatic heterocycles. The number of halogens is 3. The Kier molecular flexibility index (Phi) is 6.08. The summed E-state index contributed by atoms with van der Waals surface area (Å²) in [7, 11) is 0. The molecule has 1 aromatic rings. The van der Waals surface area contributed by atoms with Gasteiger partial charge < -0.3 is 10.4 Å². The van der Waals surface area contributed by atoms with Gasteiger partial charge in [0.2, 0.25) is 5.91 Å². The van der Waals surface area contributed by atoms with Gasteiger partial charge in [-0.3, -0.25) is 9.59 Å². The Labute approximate surface area is 144 Å². The van der Waals surface area contributed by atoms with Crippen LogP contribution in [0.2, 0.25) is 0 Å². The van der Waals surface area contributed by atoms with E-state index in [1.54, 1.807) is 31.2 Å². The number of carbonyl (C=O) groups is 2. The van der Waals surface area contributed by atoms with Crippen molar-refractivity contribution in [3.05, 3.63) is 29.8 Å². The Morgan fingerprint density at radius 3 is 2.44 bits per heavy atom. The SMILES string of the molecule is CC(C(=O)O)c1cccc(NC(=O)CC2CCC(C(F)(F)F)CC2)c1. The first-order chi connectivity index (χ1) is 11.7. The van der Waals surface area contributed by atoms with Crippen LogP contribution in [0.1, 0.15) is 50.5 Å². The van der Waals surface area contributed by atoms with Crippen molar-refractivity contribution >= 4 is 17.6 Å². The largest absolute Gasteiger partial charge is 0.481 e. The molecule has 0 aromatic heterocycles. The van der Waals surface area contributed by atoms with Crippen LogP contribution < -0.4 is 5.32 Å². The first kappa shape index (κ1) is 19.3. The van der Waals surface area contributed by atoms with E-state index < -0.39 is 24.0 Å². The average Bonchev–Trinajstić information content (AvgIpc) is 2.53. The maximum Gasteiger partial charge on any atom is 0.391 e. The number of amides is 1. The smallest absolute Gasteiger partial charge is 0.391 e. The molecule has 0 heterocycles. The lowest BCUT2D eigenvalue weighted by molar-refractivity contribution is -0.184. The van der Waals surface area contributed by atoms with Crippen molar-refractivity contribution in [2.75, 3.05) is 5.32 Å². The lowest BCUT2D eigenvalue weighted by Crippen LogP contribution is -2.29. The van der Waals surface area contributed by atoms with Crippen molar-refractivity contribution in [2.24, 2.45) is 11.8 Å². The van der Waals surface area contributed by atoms with Crippen molar-refractivity contribution in [3.63, 3.8) is 0 Å². The molecule has 1 fully saturated rings. The summed E-state index contributed by atoms with van der Waals surface area (Å²) in [5, 5.41) is 11.7. The maximum absolute atomic E-state index is 12.7. The van der Waals surface area contributed by atoms with E-state index in [0.29, 0.717) is 24.1 Å². The van der Waals surface area contributed by atoms with Gasteiger partial charge in [-0.05, 0) is 56.2 Å². The summed E-state index contributed by atoms with van der Waals surface area (Å²) in [6.07, 6.45) is -3.01. The number of anilines is 1. The molecule has 1 unspecified atom stereocenters. The van der Waals surface area contributed by atoms with Crippen LogP contribution in [0.5, 0.6) is 0 Å². The average molecular weight is 357 g/mol. The van der Waals surface area contributed by atoms with Crippen LogP contribution in [0.15, 0.2) is 24.3 Å². The van der Waals surface area contributed by atoms with Crippen LogP contribution in [-0.4, -0.2) is 23.2 Å². The normalized spacial score (nSPS) is 22.2. The first-order valence-electron chi connectivity index (χ1n) is 8.36.